The molecule has 1 heterocycles. The van der Waals surface area contributed by atoms with Gasteiger partial charge in [-0.05, 0) is 12.0 Å². The second kappa shape index (κ2) is 5.39. The molecule has 0 amide bonds. The average Bonchev–Trinajstić information content (AvgIpc) is 2.79. The van der Waals surface area contributed by atoms with Crippen molar-refractivity contribution in [3.05, 3.63) is 48.0 Å². The van der Waals surface area contributed by atoms with Crippen molar-refractivity contribution in [2.45, 2.75) is 26.3 Å². The number of ketones is 1. The van der Waals surface area contributed by atoms with Gasteiger partial charge in [0.1, 0.15) is 6.33 Å². The van der Waals surface area contributed by atoms with Crippen molar-refractivity contribution < 1.29 is 4.79 Å². The highest BCUT2D eigenvalue weighted by Crippen LogP contribution is 2.03. The fourth-order valence-electron chi connectivity index (χ4n) is 1.61. The van der Waals surface area contributed by atoms with Crippen LogP contribution in [0.5, 0.6) is 0 Å². The first-order chi connectivity index (χ1) is 8.29. The van der Waals surface area contributed by atoms with E-state index in [9.17, 15) is 4.79 Å². The van der Waals surface area contributed by atoms with Gasteiger partial charge < -0.3 is 0 Å². The second-order valence-corrected chi connectivity index (χ2v) is 3.92. The third kappa shape index (κ3) is 3.00. The number of rotatable bonds is 5. The number of aromatic nitrogens is 3. The molecule has 1 aromatic heterocycles. The number of carbonyl (C=O) groups is 1. The van der Waals surface area contributed by atoms with E-state index in [1.54, 1.807) is 11.0 Å². The molecule has 1 aromatic carbocycles. The van der Waals surface area contributed by atoms with Crippen molar-refractivity contribution in [2.24, 2.45) is 0 Å². The van der Waals surface area contributed by atoms with E-state index in [1.165, 1.54) is 0 Å². The average molecular weight is 229 g/mol. The molecule has 2 rings (SSSR count). The van der Waals surface area contributed by atoms with Crippen LogP contribution in [0.3, 0.4) is 0 Å². The van der Waals surface area contributed by atoms with Crippen LogP contribution in [0.2, 0.25) is 0 Å². The summed E-state index contributed by atoms with van der Waals surface area (Å²) in [5.74, 6) is 0.335. The fraction of sp³-hybridized carbons (Fsp3) is 0.308. The van der Waals surface area contributed by atoms with Crippen LogP contribution in [0.4, 0.5) is 0 Å². The normalized spacial score (nSPS) is 10.4. The Labute approximate surface area is 100 Å². The van der Waals surface area contributed by atoms with E-state index in [2.05, 4.69) is 10.1 Å². The van der Waals surface area contributed by atoms with Gasteiger partial charge in [-0.3, -0.25) is 4.79 Å². The van der Waals surface area contributed by atoms with Gasteiger partial charge in [0.2, 0.25) is 11.6 Å². The van der Waals surface area contributed by atoms with Crippen molar-refractivity contribution in [2.75, 3.05) is 0 Å². The molecule has 4 heteroatoms. The van der Waals surface area contributed by atoms with E-state index in [4.69, 9.17) is 0 Å². The van der Waals surface area contributed by atoms with Gasteiger partial charge in [-0.15, -0.1) is 5.10 Å². The summed E-state index contributed by atoms with van der Waals surface area (Å²) < 4.78 is 1.69. The molecule has 0 aliphatic heterocycles. The maximum absolute atomic E-state index is 11.6. The van der Waals surface area contributed by atoms with Gasteiger partial charge in [0, 0.05) is 6.42 Å². The molecule has 0 saturated heterocycles. The second-order valence-electron chi connectivity index (χ2n) is 3.92. The van der Waals surface area contributed by atoms with Crippen molar-refractivity contribution in [1.29, 1.82) is 0 Å². The maximum Gasteiger partial charge on any atom is 0.217 e. The Morgan fingerprint density at radius 1 is 1.29 bits per heavy atom. The smallest absolute Gasteiger partial charge is 0.217 e. The molecule has 0 aliphatic rings. The highest BCUT2D eigenvalue weighted by atomic mass is 16.1. The van der Waals surface area contributed by atoms with Crippen LogP contribution >= 0.6 is 0 Å². The Bertz CT molecular complexity index is 490. The van der Waals surface area contributed by atoms with Crippen molar-refractivity contribution in [3.8, 4) is 0 Å². The molecule has 88 valence electrons. The molecule has 0 saturated carbocycles. The molecule has 4 nitrogen and oxygen atoms in total. The summed E-state index contributed by atoms with van der Waals surface area (Å²) in [6.45, 7) is 2.62. The van der Waals surface area contributed by atoms with Crippen molar-refractivity contribution in [1.82, 2.24) is 14.8 Å². The monoisotopic (exact) mass is 229 g/mol. The number of Topliss-reactive ketones (excluding diaryl/α,β-unsaturated/α-hetero) is 1. The van der Waals surface area contributed by atoms with E-state index in [1.807, 2.05) is 37.3 Å². The predicted molar refractivity (Wildman–Crippen MR) is 64.8 cm³/mol. The van der Waals surface area contributed by atoms with E-state index >= 15 is 0 Å². The van der Waals surface area contributed by atoms with E-state index in [-0.39, 0.29) is 5.78 Å². The molecule has 0 aliphatic carbocycles. The zero-order chi connectivity index (χ0) is 12.1. The van der Waals surface area contributed by atoms with Gasteiger partial charge in [0.25, 0.3) is 0 Å². The van der Waals surface area contributed by atoms with Gasteiger partial charge >= 0.3 is 0 Å². The minimum Gasteiger partial charge on any atom is -0.291 e. The first-order valence-electron chi connectivity index (χ1n) is 5.76. The van der Waals surface area contributed by atoms with Gasteiger partial charge in [0.15, 0.2) is 0 Å². The standard InChI is InChI=1S/C13H15N3O/c1-2-6-12(17)13-14-10-16(15-13)9-11-7-4-3-5-8-11/h3-5,7-8,10H,2,6,9H2,1H3. The Morgan fingerprint density at radius 3 is 2.76 bits per heavy atom. The Kier molecular flexibility index (Phi) is 3.65. The topological polar surface area (TPSA) is 47.8 Å². The largest absolute Gasteiger partial charge is 0.291 e. The molecule has 0 N–H and O–H groups in total. The van der Waals surface area contributed by atoms with Crippen LogP contribution in [0, 0.1) is 0 Å². The zero-order valence-corrected chi connectivity index (χ0v) is 9.84. The quantitative estimate of drug-likeness (QED) is 0.739. The molecule has 0 radical (unpaired) electrons. The van der Waals surface area contributed by atoms with Crippen LogP contribution in [0.25, 0.3) is 0 Å². The third-order valence-corrected chi connectivity index (χ3v) is 2.45. The lowest BCUT2D eigenvalue weighted by Gasteiger charge is -1.99. The van der Waals surface area contributed by atoms with Crippen LogP contribution < -0.4 is 0 Å². The summed E-state index contributed by atoms with van der Waals surface area (Å²) in [6.07, 6.45) is 2.94. The molecule has 0 fully saturated rings. The zero-order valence-electron chi connectivity index (χ0n) is 9.84. The molecule has 17 heavy (non-hydrogen) atoms. The molecule has 0 bridgehead atoms. The van der Waals surface area contributed by atoms with Gasteiger partial charge in [-0.2, -0.15) is 0 Å². The Hall–Kier alpha value is -1.97. The Morgan fingerprint density at radius 2 is 2.06 bits per heavy atom. The number of carbonyl (C=O) groups excluding carboxylic acids is 1. The minimum atomic E-state index is 0.0133. The SMILES string of the molecule is CCCC(=O)c1ncn(Cc2ccccc2)n1. The van der Waals surface area contributed by atoms with Crippen LogP contribution in [0.15, 0.2) is 36.7 Å². The van der Waals surface area contributed by atoms with Crippen LogP contribution in [-0.2, 0) is 6.54 Å². The maximum atomic E-state index is 11.6. The van der Waals surface area contributed by atoms with Crippen LogP contribution in [0.1, 0.15) is 35.9 Å². The summed E-state index contributed by atoms with van der Waals surface area (Å²) in [5.41, 5.74) is 1.15. The lowest BCUT2D eigenvalue weighted by Crippen LogP contribution is -2.04. The first-order valence-corrected chi connectivity index (χ1v) is 5.76. The summed E-state index contributed by atoms with van der Waals surface area (Å²) in [6, 6.07) is 9.98. The number of nitrogens with zero attached hydrogens (tertiary/aromatic N) is 3. The molecular weight excluding hydrogens is 214 g/mol. The molecular formula is C13H15N3O. The van der Waals surface area contributed by atoms with E-state index < -0.39 is 0 Å². The number of benzene rings is 1. The summed E-state index contributed by atoms with van der Waals surface area (Å²) in [7, 11) is 0. The van der Waals surface area contributed by atoms with Gasteiger partial charge in [-0.25, -0.2) is 9.67 Å². The van der Waals surface area contributed by atoms with E-state index in [0.29, 0.717) is 18.8 Å². The highest BCUT2D eigenvalue weighted by molar-refractivity contribution is 5.92. The number of hydrogen-bond acceptors (Lipinski definition) is 3. The predicted octanol–water partition coefficient (Wildman–Crippen LogP) is 2.31. The molecule has 2 aromatic rings. The molecule has 0 unspecified atom stereocenters. The van der Waals surface area contributed by atoms with Crippen molar-refractivity contribution >= 4 is 5.78 Å². The van der Waals surface area contributed by atoms with Gasteiger partial charge in [-0.1, -0.05) is 37.3 Å². The van der Waals surface area contributed by atoms with Crippen molar-refractivity contribution in [3.63, 3.8) is 0 Å². The first kappa shape index (κ1) is 11.5. The number of hydrogen-bond donors (Lipinski definition) is 0. The van der Waals surface area contributed by atoms with Crippen LogP contribution in [-0.4, -0.2) is 20.5 Å². The third-order valence-electron chi connectivity index (χ3n) is 2.45. The summed E-state index contributed by atoms with van der Waals surface area (Å²) >= 11 is 0. The molecule has 0 spiro atoms. The van der Waals surface area contributed by atoms with E-state index in [0.717, 1.165) is 12.0 Å². The lowest BCUT2D eigenvalue weighted by atomic mass is 10.2. The summed E-state index contributed by atoms with van der Waals surface area (Å²) in [5, 5.41) is 4.18. The minimum absolute atomic E-state index is 0.0133. The fourth-order valence-corrected chi connectivity index (χ4v) is 1.61. The Balaban J connectivity index is 2.06. The summed E-state index contributed by atoms with van der Waals surface area (Å²) in [4.78, 5) is 15.6. The lowest BCUT2D eigenvalue weighted by molar-refractivity contribution is 0.0971. The molecule has 0 atom stereocenters. The highest BCUT2D eigenvalue weighted by Gasteiger charge is 2.09. The van der Waals surface area contributed by atoms with Gasteiger partial charge in [0.05, 0.1) is 6.54 Å².